The van der Waals surface area contributed by atoms with Crippen LogP contribution in [-0.4, -0.2) is 22.2 Å². The van der Waals surface area contributed by atoms with E-state index in [2.05, 4.69) is 0 Å². The van der Waals surface area contributed by atoms with E-state index in [0.717, 1.165) is 0 Å². The quantitative estimate of drug-likeness (QED) is 0.630. The highest BCUT2D eigenvalue weighted by Crippen LogP contribution is 2.34. The molecule has 27 heavy (non-hydrogen) atoms. The monoisotopic (exact) mass is 366 g/mol. The van der Waals surface area contributed by atoms with Crippen LogP contribution in [0.2, 0.25) is 0 Å². The lowest BCUT2D eigenvalue weighted by Gasteiger charge is -2.23. The average Bonchev–Trinajstić information content (AvgIpc) is 2.66. The number of carbonyl (C=O) groups is 2. The molecule has 3 rings (SSSR count). The zero-order chi connectivity index (χ0) is 19.4. The molecule has 0 aromatic heterocycles. The summed E-state index contributed by atoms with van der Waals surface area (Å²) in [6.45, 7) is 1.50. The second-order valence-corrected chi connectivity index (χ2v) is 6.03. The lowest BCUT2D eigenvalue weighted by Crippen LogP contribution is -2.27. The van der Waals surface area contributed by atoms with Crippen LogP contribution in [0.25, 0.3) is 0 Å². The number of aliphatic hydroxyl groups excluding tert-OH is 2. The van der Waals surface area contributed by atoms with Crippen molar-refractivity contribution in [1.29, 1.82) is 0 Å². The van der Waals surface area contributed by atoms with E-state index >= 15 is 0 Å². The van der Waals surface area contributed by atoms with E-state index in [-0.39, 0.29) is 29.1 Å². The standard InChI is InChI=1S/C21H18O6/c1-13-18(21(25)27-15-10-6-3-7-11-15)17(22)12-16(19(13)23)20(24)26-14-8-4-2-5-9-14/h2-11,13,22-23H,12H2,1H3. The van der Waals surface area contributed by atoms with Gasteiger partial charge in [0.05, 0.1) is 11.1 Å². The van der Waals surface area contributed by atoms with Crippen LogP contribution in [0.4, 0.5) is 0 Å². The van der Waals surface area contributed by atoms with Crippen molar-refractivity contribution in [3.63, 3.8) is 0 Å². The molecule has 0 heterocycles. The molecule has 0 fully saturated rings. The third-order valence-electron chi connectivity index (χ3n) is 4.18. The molecule has 0 saturated carbocycles. The summed E-state index contributed by atoms with van der Waals surface area (Å²) in [5.74, 6) is -2.51. The summed E-state index contributed by atoms with van der Waals surface area (Å²) in [6.07, 6.45) is -0.318. The second kappa shape index (κ2) is 7.78. The molecule has 2 aromatic rings. The lowest BCUT2D eigenvalue weighted by atomic mass is 9.87. The van der Waals surface area contributed by atoms with Gasteiger partial charge in [0.1, 0.15) is 23.0 Å². The van der Waals surface area contributed by atoms with Gasteiger partial charge in [0.25, 0.3) is 0 Å². The first-order valence-corrected chi connectivity index (χ1v) is 8.36. The second-order valence-electron chi connectivity index (χ2n) is 6.03. The first kappa shape index (κ1) is 18.3. The van der Waals surface area contributed by atoms with E-state index in [1.807, 2.05) is 0 Å². The molecule has 1 atom stereocenters. The first-order chi connectivity index (χ1) is 13.0. The Kier molecular flexibility index (Phi) is 5.26. The van der Waals surface area contributed by atoms with Crippen molar-refractivity contribution >= 4 is 11.9 Å². The maximum atomic E-state index is 12.4. The zero-order valence-corrected chi connectivity index (χ0v) is 14.6. The van der Waals surface area contributed by atoms with Crippen molar-refractivity contribution in [3.05, 3.63) is 83.3 Å². The minimum absolute atomic E-state index is 0.0902. The third-order valence-corrected chi connectivity index (χ3v) is 4.18. The number of aliphatic hydroxyl groups is 2. The number of esters is 2. The number of ether oxygens (including phenoxy) is 2. The Morgan fingerprint density at radius 1 is 0.852 bits per heavy atom. The van der Waals surface area contributed by atoms with Gasteiger partial charge in [0, 0.05) is 12.3 Å². The van der Waals surface area contributed by atoms with Crippen LogP contribution in [0, 0.1) is 5.92 Å². The third kappa shape index (κ3) is 4.00. The molecule has 0 saturated heterocycles. The average molecular weight is 366 g/mol. The fourth-order valence-electron chi connectivity index (χ4n) is 2.78. The van der Waals surface area contributed by atoms with Crippen LogP contribution in [0.3, 0.4) is 0 Å². The highest BCUT2D eigenvalue weighted by Gasteiger charge is 2.35. The van der Waals surface area contributed by atoms with Gasteiger partial charge in [-0.2, -0.15) is 0 Å². The van der Waals surface area contributed by atoms with Gasteiger partial charge >= 0.3 is 11.9 Å². The molecule has 6 nitrogen and oxygen atoms in total. The van der Waals surface area contributed by atoms with Gasteiger partial charge < -0.3 is 19.7 Å². The van der Waals surface area contributed by atoms with E-state index in [9.17, 15) is 19.8 Å². The molecule has 0 amide bonds. The number of carbonyl (C=O) groups excluding carboxylic acids is 2. The summed E-state index contributed by atoms with van der Waals surface area (Å²) >= 11 is 0. The van der Waals surface area contributed by atoms with Crippen molar-refractivity contribution in [2.45, 2.75) is 13.3 Å². The van der Waals surface area contributed by atoms with Crippen molar-refractivity contribution in [2.75, 3.05) is 0 Å². The molecule has 138 valence electrons. The number of benzene rings is 2. The Morgan fingerprint density at radius 2 is 1.33 bits per heavy atom. The fourth-order valence-corrected chi connectivity index (χ4v) is 2.78. The maximum absolute atomic E-state index is 12.4. The summed E-state index contributed by atoms with van der Waals surface area (Å²) in [5.41, 5.74) is -0.187. The number of rotatable bonds is 4. The summed E-state index contributed by atoms with van der Waals surface area (Å²) in [4.78, 5) is 24.8. The predicted molar refractivity (Wildman–Crippen MR) is 97.2 cm³/mol. The Bertz CT molecular complexity index is 912. The summed E-state index contributed by atoms with van der Waals surface area (Å²) < 4.78 is 10.4. The number of hydrogen-bond acceptors (Lipinski definition) is 6. The Labute approximate surface area is 156 Å². The van der Waals surface area contributed by atoms with Gasteiger partial charge in [-0.15, -0.1) is 0 Å². The fraction of sp³-hybridized carbons (Fsp3) is 0.143. The van der Waals surface area contributed by atoms with E-state index < -0.39 is 17.9 Å². The molecule has 0 spiro atoms. The minimum atomic E-state index is -0.909. The lowest BCUT2D eigenvalue weighted by molar-refractivity contribution is -0.132. The molecule has 1 aliphatic rings. The first-order valence-electron chi connectivity index (χ1n) is 8.36. The molecular weight excluding hydrogens is 348 g/mol. The number of allylic oxidation sites excluding steroid dienone is 2. The van der Waals surface area contributed by atoms with E-state index in [0.29, 0.717) is 11.5 Å². The van der Waals surface area contributed by atoms with E-state index in [1.54, 1.807) is 60.7 Å². The summed E-state index contributed by atoms with van der Waals surface area (Å²) in [7, 11) is 0. The highest BCUT2D eigenvalue weighted by atomic mass is 16.5. The topological polar surface area (TPSA) is 93.1 Å². The highest BCUT2D eigenvalue weighted by molar-refractivity contribution is 5.96. The van der Waals surface area contributed by atoms with Crippen LogP contribution in [0.1, 0.15) is 13.3 Å². The normalized spacial score (nSPS) is 16.9. The van der Waals surface area contributed by atoms with Crippen LogP contribution in [0.15, 0.2) is 83.3 Å². The molecule has 1 unspecified atom stereocenters. The Hall–Kier alpha value is -3.54. The van der Waals surface area contributed by atoms with Crippen LogP contribution in [0.5, 0.6) is 11.5 Å². The Morgan fingerprint density at radius 3 is 1.85 bits per heavy atom. The van der Waals surface area contributed by atoms with Crippen LogP contribution >= 0.6 is 0 Å². The SMILES string of the molecule is CC1C(O)=C(C(=O)Oc2ccccc2)CC(O)=C1C(=O)Oc1ccccc1. The van der Waals surface area contributed by atoms with Crippen molar-refractivity contribution in [3.8, 4) is 11.5 Å². The van der Waals surface area contributed by atoms with Gasteiger partial charge in [-0.1, -0.05) is 43.3 Å². The van der Waals surface area contributed by atoms with E-state index in [4.69, 9.17) is 9.47 Å². The van der Waals surface area contributed by atoms with E-state index in [1.165, 1.54) is 6.92 Å². The van der Waals surface area contributed by atoms with Crippen molar-refractivity contribution in [2.24, 2.45) is 5.92 Å². The molecule has 0 bridgehead atoms. The van der Waals surface area contributed by atoms with Crippen molar-refractivity contribution < 1.29 is 29.3 Å². The summed E-state index contributed by atoms with van der Waals surface area (Å²) in [5, 5.41) is 20.7. The molecule has 0 aliphatic heterocycles. The zero-order valence-electron chi connectivity index (χ0n) is 14.6. The molecule has 2 N–H and O–H groups in total. The smallest absolute Gasteiger partial charge is 0.343 e. The summed E-state index contributed by atoms with van der Waals surface area (Å²) in [6, 6.07) is 16.8. The Balaban J connectivity index is 1.78. The maximum Gasteiger partial charge on any atom is 0.343 e. The van der Waals surface area contributed by atoms with Gasteiger partial charge in [-0.3, -0.25) is 0 Å². The van der Waals surface area contributed by atoms with Gasteiger partial charge in [-0.05, 0) is 24.3 Å². The van der Waals surface area contributed by atoms with Crippen molar-refractivity contribution in [1.82, 2.24) is 0 Å². The van der Waals surface area contributed by atoms with Crippen LogP contribution in [-0.2, 0) is 9.59 Å². The van der Waals surface area contributed by atoms with Gasteiger partial charge in [0.15, 0.2) is 0 Å². The minimum Gasteiger partial charge on any atom is -0.511 e. The van der Waals surface area contributed by atoms with Gasteiger partial charge in [-0.25, -0.2) is 9.59 Å². The molecule has 1 aliphatic carbocycles. The molecule has 6 heteroatoms. The van der Waals surface area contributed by atoms with Crippen LogP contribution < -0.4 is 9.47 Å². The molecule has 0 radical (unpaired) electrons. The molecular formula is C21H18O6. The number of hydrogen-bond donors (Lipinski definition) is 2. The number of para-hydroxylation sites is 2. The molecule has 2 aromatic carbocycles. The predicted octanol–water partition coefficient (Wildman–Crippen LogP) is 3.86. The largest absolute Gasteiger partial charge is 0.511 e. The van der Waals surface area contributed by atoms with Gasteiger partial charge in [0.2, 0.25) is 0 Å².